The van der Waals surface area contributed by atoms with Gasteiger partial charge in [-0.25, -0.2) is 0 Å². The van der Waals surface area contributed by atoms with Crippen LogP contribution in [0.3, 0.4) is 0 Å². The number of hydrogen-bond donors (Lipinski definition) is 2. The predicted molar refractivity (Wildman–Crippen MR) is 83.2 cm³/mol. The molecule has 0 aliphatic heterocycles. The molecule has 0 amide bonds. The van der Waals surface area contributed by atoms with Gasteiger partial charge in [0.25, 0.3) is 0 Å². The Bertz CT molecular complexity index is 682. The molecule has 4 heteroatoms. The molecule has 1 aromatic heterocycles. The van der Waals surface area contributed by atoms with Crippen molar-refractivity contribution >= 4 is 34.5 Å². The van der Waals surface area contributed by atoms with Crippen LogP contribution in [0.2, 0.25) is 0 Å². The maximum Gasteiger partial charge on any atom is 0.121 e. The minimum atomic E-state index is -0.281. The van der Waals surface area contributed by atoms with Gasteiger partial charge in [-0.2, -0.15) is 0 Å². The van der Waals surface area contributed by atoms with Gasteiger partial charge in [0.15, 0.2) is 0 Å². The molecule has 0 aliphatic rings. The molecule has 3 N–H and O–H groups in total. The predicted octanol–water partition coefficient (Wildman–Crippen LogP) is 4.08. The maximum absolute atomic E-state index is 10.1. The molecule has 0 saturated carbocycles. The van der Waals surface area contributed by atoms with Crippen LogP contribution in [0.25, 0.3) is 10.8 Å². The molecule has 2 aromatic carbocycles. The van der Waals surface area contributed by atoms with Gasteiger partial charge in [0, 0.05) is 10.4 Å². The molecule has 98 valence electrons. The highest BCUT2D eigenvalue weighted by Crippen LogP contribution is 2.35. The highest BCUT2D eigenvalue weighted by molar-refractivity contribution is 7.10. The van der Waals surface area contributed by atoms with Gasteiger partial charge >= 0.3 is 0 Å². The maximum atomic E-state index is 10.1. The van der Waals surface area contributed by atoms with Crippen LogP contribution in [-0.2, 0) is 0 Å². The summed E-state index contributed by atoms with van der Waals surface area (Å²) in [7, 11) is 0. The first-order valence-electron chi connectivity index (χ1n) is 5.77. The highest BCUT2D eigenvalue weighted by Gasteiger charge is 2.17. The number of fused-ring (bicyclic) bond motifs is 1. The van der Waals surface area contributed by atoms with Gasteiger partial charge in [-0.3, -0.25) is 0 Å². The Balaban J connectivity index is 0.00000133. The van der Waals surface area contributed by atoms with Gasteiger partial charge in [0.05, 0.1) is 6.04 Å². The average Bonchev–Trinajstić information content (AvgIpc) is 2.92. The summed E-state index contributed by atoms with van der Waals surface area (Å²) in [6.07, 6.45) is 0. The molecular formula is C15H14ClNOS. The molecule has 2 nitrogen and oxygen atoms in total. The van der Waals surface area contributed by atoms with Crippen molar-refractivity contribution in [2.45, 2.75) is 6.04 Å². The molecule has 1 atom stereocenters. The van der Waals surface area contributed by atoms with Gasteiger partial charge in [-0.1, -0.05) is 36.4 Å². The van der Waals surface area contributed by atoms with Gasteiger partial charge in [-0.05, 0) is 28.3 Å². The van der Waals surface area contributed by atoms with Crippen molar-refractivity contribution < 1.29 is 5.11 Å². The Kier molecular flexibility index (Phi) is 4.10. The Morgan fingerprint density at radius 2 is 1.79 bits per heavy atom. The Morgan fingerprint density at radius 1 is 1.00 bits per heavy atom. The number of phenols is 1. The number of thiophene rings is 1. The first kappa shape index (κ1) is 13.9. The van der Waals surface area contributed by atoms with Crippen LogP contribution in [0.1, 0.15) is 16.5 Å². The Labute approximate surface area is 121 Å². The zero-order valence-electron chi connectivity index (χ0n) is 10.1. The summed E-state index contributed by atoms with van der Waals surface area (Å²) in [6.45, 7) is 0. The fourth-order valence-electron chi connectivity index (χ4n) is 2.22. The van der Waals surface area contributed by atoms with Crippen LogP contribution >= 0.6 is 23.7 Å². The first-order chi connectivity index (χ1) is 8.77. The van der Waals surface area contributed by atoms with E-state index in [0.29, 0.717) is 0 Å². The fourth-order valence-corrected chi connectivity index (χ4v) is 2.96. The van der Waals surface area contributed by atoms with E-state index in [2.05, 4.69) is 0 Å². The summed E-state index contributed by atoms with van der Waals surface area (Å²) in [6, 6.07) is 15.3. The molecule has 1 heterocycles. The normalized spacial score (nSPS) is 12.1. The molecule has 3 aromatic rings. The van der Waals surface area contributed by atoms with E-state index < -0.39 is 0 Å². The number of nitrogens with two attached hydrogens (primary N) is 1. The van der Waals surface area contributed by atoms with Crippen molar-refractivity contribution in [3.8, 4) is 5.75 Å². The quantitative estimate of drug-likeness (QED) is 0.747. The largest absolute Gasteiger partial charge is 0.508 e. The van der Waals surface area contributed by atoms with Crippen molar-refractivity contribution in [1.29, 1.82) is 0 Å². The van der Waals surface area contributed by atoms with Crippen molar-refractivity contribution in [1.82, 2.24) is 0 Å². The molecule has 0 bridgehead atoms. The van der Waals surface area contributed by atoms with E-state index in [1.165, 1.54) is 0 Å². The van der Waals surface area contributed by atoms with Crippen molar-refractivity contribution in [3.63, 3.8) is 0 Å². The van der Waals surface area contributed by atoms with Crippen molar-refractivity contribution in [3.05, 3.63) is 64.4 Å². The monoisotopic (exact) mass is 291 g/mol. The van der Waals surface area contributed by atoms with E-state index in [1.54, 1.807) is 17.4 Å². The second-order valence-electron chi connectivity index (χ2n) is 4.21. The molecule has 0 unspecified atom stereocenters. The third kappa shape index (κ3) is 2.45. The van der Waals surface area contributed by atoms with E-state index in [4.69, 9.17) is 5.73 Å². The second kappa shape index (κ2) is 5.61. The number of benzene rings is 2. The topological polar surface area (TPSA) is 46.2 Å². The minimum absolute atomic E-state index is 0. The molecule has 19 heavy (non-hydrogen) atoms. The van der Waals surface area contributed by atoms with Gasteiger partial charge < -0.3 is 10.8 Å². The molecule has 0 spiro atoms. The molecular weight excluding hydrogens is 278 g/mol. The summed E-state index contributed by atoms with van der Waals surface area (Å²) in [5.41, 5.74) is 7.08. The van der Waals surface area contributed by atoms with Crippen LogP contribution < -0.4 is 5.73 Å². The standard InChI is InChI=1S/C15H13NOS.ClH/c16-15(13-6-3-9-18-13)14-11-5-2-1-4-10(11)7-8-12(14)17;/h1-9,15,17H,16H2;1H/t15-;/m1./s1. The lowest BCUT2D eigenvalue weighted by Crippen LogP contribution is -2.11. The zero-order valence-corrected chi connectivity index (χ0v) is 11.7. The summed E-state index contributed by atoms with van der Waals surface area (Å²) in [5.74, 6) is 0.259. The number of hydrogen-bond acceptors (Lipinski definition) is 3. The van der Waals surface area contributed by atoms with E-state index in [1.807, 2.05) is 47.8 Å². The Hall–Kier alpha value is -1.55. The number of aromatic hydroxyl groups is 1. The summed E-state index contributed by atoms with van der Waals surface area (Å²) in [5, 5.41) is 14.2. The highest BCUT2D eigenvalue weighted by atomic mass is 35.5. The van der Waals surface area contributed by atoms with E-state index in [0.717, 1.165) is 21.2 Å². The van der Waals surface area contributed by atoms with Crippen LogP contribution in [-0.4, -0.2) is 5.11 Å². The first-order valence-corrected chi connectivity index (χ1v) is 6.65. The molecule has 0 radical (unpaired) electrons. The van der Waals surface area contributed by atoms with Crippen LogP contribution in [0.15, 0.2) is 53.9 Å². The number of phenolic OH excluding ortho intramolecular Hbond substituents is 1. The third-order valence-electron chi connectivity index (χ3n) is 3.11. The van der Waals surface area contributed by atoms with Gasteiger partial charge in [0.1, 0.15) is 5.75 Å². The Morgan fingerprint density at radius 3 is 2.53 bits per heavy atom. The van der Waals surface area contributed by atoms with E-state index in [9.17, 15) is 5.11 Å². The summed E-state index contributed by atoms with van der Waals surface area (Å²) in [4.78, 5) is 1.06. The fraction of sp³-hybridized carbons (Fsp3) is 0.0667. The summed E-state index contributed by atoms with van der Waals surface area (Å²) < 4.78 is 0. The van der Waals surface area contributed by atoms with Gasteiger partial charge in [0.2, 0.25) is 0 Å². The van der Waals surface area contributed by atoms with E-state index in [-0.39, 0.29) is 24.2 Å². The minimum Gasteiger partial charge on any atom is -0.508 e. The average molecular weight is 292 g/mol. The van der Waals surface area contributed by atoms with Gasteiger partial charge in [-0.15, -0.1) is 23.7 Å². The lowest BCUT2D eigenvalue weighted by Gasteiger charge is -2.15. The number of halogens is 1. The summed E-state index contributed by atoms with van der Waals surface area (Å²) >= 11 is 1.61. The molecule has 3 rings (SSSR count). The molecule has 0 saturated heterocycles. The lowest BCUT2D eigenvalue weighted by molar-refractivity contribution is 0.467. The van der Waals surface area contributed by atoms with E-state index >= 15 is 0 Å². The smallest absolute Gasteiger partial charge is 0.121 e. The second-order valence-corrected chi connectivity index (χ2v) is 5.19. The molecule has 0 aliphatic carbocycles. The lowest BCUT2D eigenvalue weighted by atomic mass is 9.97. The van der Waals surface area contributed by atoms with Crippen molar-refractivity contribution in [2.24, 2.45) is 5.73 Å². The van der Waals surface area contributed by atoms with Crippen molar-refractivity contribution in [2.75, 3.05) is 0 Å². The SMILES string of the molecule is Cl.N[C@H](c1cccs1)c1c(O)ccc2ccccc12. The number of rotatable bonds is 2. The van der Waals surface area contributed by atoms with Crippen LogP contribution in [0.4, 0.5) is 0 Å². The molecule has 0 fully saturated rings. The third-order valence-corrected chi connectivity index (χ3v) is 4.06. The van der Waals surface area contributed by atoms with Crippen LogP contribution in [0, 0.1) is 0 Å². The van der Waals surface area contributed by atoms with Crippen LogP contribution in [0.5, 0.6) is 5.75 Å². The zero-order chi connectivity index (χ0) is 12.5.